The lowest BCUT2D eigenvalue weighted by molar-refractivity contribution is -0.384. The van der Waals surface area contributed by atoms with Crippen molar-refractivity contribution in [2.75, 3.05) is 25.3 Å². The highest BCUT2D eigenvalue weighted by molar-refractivity contribution is 7.89. The van der Waals surface area contributed by atoms with Crippen molar-refractivity contribution in [2.24, 2.45) is 5.10 Å². The van der Waals surface area contributed by atoms with Gasteiger partial charge in [0, 0.05) is 24.9 Å². The van der Waals surface area contributed by atoms with Crippen LogP contribution in [0, 0.1) is 10.1 Å². The maximum absolute atomic E-state index is 12.7. The second-order valence-electron chi connectivity index (χ2n) is 7.17. The molecule has 0 atom stereocenters. The minimum Gasteiger partial charge on any atom is -0.454 e. The van der Waals surface area contributed by atoms with E-state index in [1.165, 1.54) is 16.4 Å². The molecule has 0 saturated heterocycles. The van der Waals surface area contributed by atoms with Gasteiger partial charge in [0.05, 0.1) is 9.82 Å². The summed E-state index contributed by atoms with van der Waals surface area (Å²) >= 11 is 0. The van der Waals surface area contributed by atoms with E-state index < -0.39 is 14.9 Å². The monoisotopic (exact) mass is 462 g/mol. The molecule has 0 spiro atoms. The molecule has 32 heavy (non-hydrogen) atoms. The minimum atomic E-state index is -3.80. The lowest BCUT2D eigenvalue weighted by atomic mass is 10.1. The van der Waals surface area contributed by atoms with Crippen molar-refractivity contribution < 1.29 is 22.8 Å². The number of fused-ring (bicyclic) bond motifs is 1. The summed E-state index contributed by atoms with van der Waals surface area (Å²) in [6.45, 7) is 6.01. The van der Waals surface area contributed by atoms with Crippen LogP contribution in [-0.2, 0) is 16.4 Å². The number of nitrogens with zero attached hydrogens (tertiary/aromatic N) is 3. The molecule has 0 radical (unpaired) electrons. The molecule has 0 fully saturated rings. The Morgan fingerprint density at radius 3 is 2.56 bits per heavy atom. The standard InChI is InChI=1S/C21H26N4O6S/c1-4-24(5-2)32(28,29)17-9-10-18(19(13-17)25(26)27)23-22-15(3)6-7-16-8-11-20-21(12-16)31-14-30-20/h8-13,23H,4-7,14H2,1-3H3/b22-15+. The number of hydrazone groups is 1. The van der Waals surface area contributed by atoms with E-state index in [9.17, 15) is 18.5 Å². The summed E-state index contributed by atoms with van der Waals surface area (Å²) in [6, 6.07) is 9.51. The number of ether oxygens (including phenoxy) is 2. The third-order valence-corrected chi connectivity index (χ3v) is 7.13. The van der Waals surface area contributed by atoms with Gasteiger partial charge < -0.3 is 9.47 Å². The SMILES string of the molecule is CCN(CC)S(=O)(=O)c1ccc(N/N=C(\C)CCc2ccc3c(c2)OCO3)c([N+](=O)[O-])c1. The van der Waals surface area contributed by atoms with Crippen LogP contribution in [0.4, 0.5) is 11.4 Å². The summed E-state index contributed by atoms with van der Waals surface area (Å²) in [5, 5.41) is 15.8. The first-order valence-electron chi connectivity index (χ1n) is 10.2. The Morgan fingerprint density at radius 2 is 1.88 bits per heavy atom. The van der Waals surface area contributed by atoms with Gasteiger partial charge in [0.25, 0.3) is 5.69 Å². The molecule has 0 aliphatic carbocycles. The molecule has 1 aliphatic rings. The van der Waals surface area contributed by atoms with Crippen molar-refractivity contribution >= 4 is 27.1 Å². The molecule has 2 aromatic carbocycles. The van der Waals surface area contributed by atoms with E-state index in [4.69, 9.17) is 9.47 Å². The molecule has 1 heterocycles. The molecule has 0 saturated carbocycles. The van der Waals surface area contributed by atoms with Gasteiger partial charge in [-0.15, -0.1) is 0 Å². The molecule has 1 aliphatic heterocycles. The maximum Gasteiger partial charge on any atom is 0.295 e. The number of hydrogen-bond donors (Lipinski definition) is 1. The highest BCUT2D eigenvalue weighted by Crippen LogP contribution is 2.33. The van der Waals surface area contributed by atoms with Crippen LogP contribution < -0.4 is 14.9 Å². The van der Waals surface area contributed by atoms with Gasteiger partial charge in [0.15, 0.2) is 11.5 Å². The van der Waals surface area contributed by atoms with E-state index in [-0.39, 0.29) is 36.2 Å². The molecule has 0 amide bonds. The molecule has 0 aromatic heterocycles. The van der Waals surface area contributed by atoms with Crippen LogP contribution >= 0.6 is 0 Å². The van der Waals surface area contributed by atoms with Crippen LogP contribution in [0.15, 0.2) is 46.4 Å². The summed E-state index contributed by atoms with van der Waals surface area (Å²) in [4.78, 5) is 10.8. The summed E-state index contributed by atoms with van der Waals surface area (Å²) in [5.74, 6) is 1.44. The fourth-order valence-corrected chi connectivity index (χ4v) is 4.74. The first-order valence-corrected chi connectivity index (χ1v) is 11.7. The maximum atomic E-state index is 12.7. The van der Waals surface area contributed by atoms with Crippen molar-refractivity contribution in [1.29, 1.82) is 0 Å². The molecule has 1 N–H and O–H groups in total. The first kappa shape index (κ1) is 23.5. The van der Waals surface area contributed by atoms with Crippen molar-refractivity contribution in [3.05, 3.63) is 52.1 Å². The smallest absolute Gasteiger partial charge is 0.295 e. The Morgan fingerprint density at radius 1 is 1.16 bits per heavy atom. The van der Waals surface area contributed by atoms with E-state index in [0.29, 0.717) is 18.6 Å². The molecule has 10 nitrogen and oxygen atoms in total. The van der Waals surface area contributed by atoms with Gasteiger partial charge in [-0.2, -0.15) is 9.41 Å². The van der Waals surface area contributed by atoms with Crippen molar-refractivity contribution in [3.63, 3.8) is 0 Å². The number of nitrogens with one attached hydrogen (secondary N) is 1. The van der Waals surface area contributed by atoms with E-state index in [1.807, 2.05) is 25.1 Å². The lowest BCUT2D eigenvalue weighted by Gasteiger charge is -2.18. The average Bonchev–Trinajstić information content (AvgIpc) is 3.24. The summed E-state index contributed by atoms with van der Waals surface area (Å²) in [6.07, 6.45) is 1.33. The van der Waals surface area contributed by atoms with Crippen LogP contribution in [0.5, 0.6) is 11.5 Å². The van der Waals surface area contributed by atoms with E-state index in [2.05, 4.69) is 10.5 Å². The topological polar surface area (TPSA) is 123 Å². The second kappa shape index (κ2) is 9.96. The van der Waals surface area contributed by atoms with Crippen LogP contribution in [0.2, 0.25) is 0 Å². The zero-order valence-corrected chi connectivity index (χ0v) is 19.0. The Labute approximate surface area is 187 Å². The Kier molecular flexibility index (Phi) is 7.31. The van der Waals surface area contributed by atoms with Crippen LogP contribution in [0.1, 0.15) is 32.8 Å². The number of nitro benzene ring substituents is 1. The van der Waals surface area contributed by atoms with Gasteiger partial charge >= 0.3 is 0 Å². The van der Waals surface area contributed by atoms with Crippen molar-refractivity contribution in [1.82, 2.24) is 4.31 Å². The normalized spacial score (nSPS) is 13.4. The zero-order valence-electron chi connectivity index (χ0n) is 18.2. The van der Waals surface area contributed by atoms with Crippen molar-refractivity contribution in [3.8, 4) is 11.5 Å². The predicted molar refractivity (Wildman–Crippen MR) is 121 cm³/mol. The number of benzene rings is 2. The second-order valence-corrected chi connectivity index (χ2v) is 9.11. The Balaban J connectivity index is 1.72. The fourth-order valence-electron chi connectivity index (χ4n) is 3.26. The Hall–Kier alpha value is -3.18. The number of anilines is 1. The number of hydrogen-bond acceptors (Lipinski definition) is 8. The zero-order chi connectivity index (χ0) is 23.3. The number of aryl methyl sites for hydroxylation is 1. The molecule has 2 aromatic rings. The molecule has 11 heteroatoms. The molecular weight excluding hydrogens is 436 g/mol. The number of nitro groups is 1. The minimum absolute atomic E-state index is 0.121. The van der Waals surface area contributed by atoms with Gasteiger partial charge in [0.2, 0.25) is 16.8 Å². The van der Waals surface area contributed by atoms with Crippen LogP contribution in [-0.4, -0.2) is 43.2 Å². The number of rotatable bonds is 10. The predicted octanol–water partition coefficient (Wildman–Crippen LogP) is 3.77. The highest BCUT2D eigenvalue weighted by Gasteiger charge is 2.25. The molecular formula is C21H26N4O6S. The summed E-state index contributed by atoms with van der Waals surface area (Å²) in [5.41, 5.74) is 4.26. The summed E-state index contributed by atoms with van der Waals surface area (Å²) in [7, 11) is -3.80. The van der Waals surface area contributed by atoms with Crippen LogP contribution in [0.3, 0.4) is 0 Å². The van der Waals surface area contributed by atoms with E-state index >= 15 is 0 Å². The average molecular weight is 463 g/mol. The van der Waals surface area contributed by atoms with Gasteiger partial charge in [0.1, 0.15) is 5.69 Å². The lowest BCUT2D eigenvalue weighted by Crippen LogP contribution is -2.30. The van der Waals surface area contributed by atoms with Crippen molar-refractivity contribution in [2.45, 2.75) is 38.5 Å². The third-order valence-electron chi connectivity index (χ3n) is 5.09. The van der Waals surface area contributed by atoms with E-state index in [1.54, 1.807) is 13.8 Å². The summed E-state index contributed by atoms with van der Waals surface area (Å²) < 4.78 is 37.3. The first-order chi connectivity index (χ1) is 15.3. The molecule has 0 bridgehead atoms. The van der Waals surface area contributed by atoms with Gasteiger partial charge in [-0.05, 0) is 49.6 Å². The van der Waals surface area contributed by atoms with Gasteiger partial charge in [-0.25, -0.2) is 8.42 Å². The highest BCUT2D eigenvalue weighted by atomic mass is 32.2. The van der Waals surface area contributed by atoms with Gasteiger partial charge in [-0.3, -0.25) is 15.5 Å². The third kappa shape index (κ3) is 5.17. The molecule has 3 rings (SSSR count). The molecule has 0 unspecified atom stereocenters. The number of sulfonamides is 1. The fraction of sp³-hybridized carbons (Fsp3) is 0.381. The quantitative estimate of drug-likeness (QED) is 0.324. The Bertz CT molecular complexity index is 1130. The van der Waals surface area contributed by atoms with Crippen LogP contribution in [0.25, 0.3) is 0 Å². The molecule has 172 valence electrons. The van der Waals surface area contributed by atoms with Gasteiger partial charge in [-0.1, -0.05) is 19.9 Å². The largest absolute Gasteiger partial charge is 0.454 e. The van der Waals surface area contributed by atoms with E-state index in [0.717, 1.165) is 23.1 Å².